The van der Waals surface area contributed by atoms with Crippen LogP contribution < -0.4 is 5.49 Å². The molecule has 128 valence electrons. The maximum atomic E-state index is 11.9. The van der Waals surface area contributed by atoms with E-state index in [1.807, 2.05) is 0 Å². The molecule has 1 saturated heterocycles. The normalized spacial score (nSPS) is 23.8. The summed E-state index contributed by atoms with van der Waals surface area (Å²) in [6, 6.07) is 0. The molecule has 0 aromatic carbocycles. The van der Waals surface area contributed by atoms with Gasteiger partial charge in [0.1, 0.15) is 11.8 Å². The predicted molar refractivity (Wildman–Crippen MR) is 75.4 cm³/mol. The Morgan fingerprint density at radius 3 is 2.71 bits per heavy atom. The topological polar surface area (TPSA) is 141 Å². The number of aromatic nitrogens is 4. The summed E-state index contributed by atoms with van der Waals surface area (Å²) >= 11 is 0. The molecular formula is C13H15N5O6. The van der Waals surface area contributed by atoms with Gasteiger partial charge in [-0.3, -0.25) is 9.98 Å². The number of aromatic amines is 1. The van der Waals surface area contributed by atoms with Crippen molar-refractivity contribution in [2.75, 3.05) is 20.8 Å². The maximum Gasteiger partial charge on any atom is 0.338 e. The molecule has 2 aromatic rings. The molecule has 3 heterocycles. The van der Waals surface area contributed by atoms with Gasteiger partial charge in [0.2, 0.25) is 0 Å². The van der Waals surface area contributed by atoms with Crippen molar-refractivity contribution in [1.82, 2.24) is 19.5 Å². The van der Waals surface area contributed by atoms with Crippen molar-refractivity contribution >= 4 is 23.1 Å². The molecule has 1 aliphatic heterocycles. The van der Waals surface area contributed by atoms with Crippen LogP contribution in [-0.2, 0) is 28.5 Å². The molecule has 0 radical (unpaired) electrons. The SMILES string of the molecule is COC(=O)[C@@H]1OCC(n2cnc(=N)c3[nH]cnc32)O[C@H]1C(=O)OC. The first-order valence-electron chi connectivity index (χ1n) is 6.94. The molecule has 2 aromatic heterocycles. The summed E-state index contributed by atoms with van der Waals surface area (Å²) in [5.74, 6) is -1.50. The largest absolute Gasteiger partial charge is 0.467 e. The number of nitrogens with zero attached hydrogens (tertiary/aromatic N) is 3. The minimum absolute atomic E-state index is 0.0208. The second-order valence-corrected chi connectivity index (χ2v) is 4.91. The number of nitrogens with one attached hydrogen (secondary N) is 2. The van der Waals surface area contributed by atoms with E-state index in [0.29, 0.717) is 11.2 Å². The van der Waals surface area contributed by atoms with Crippen LogP contribution in [0.4, 0.5) is 0 Å². The average Bonchev–Trinajstić information content (AvgIpc) is 3.11. The highest BCUT2D eigenvalue weighted by Crippen LogP contribution is 2.25. The molecule has 0 bridgehead atoms. The van der Waals surface area contributed by atoms with E-state index >= 15 is 0 Å². The predicted octanol–water partition coefficient (Wildman–Crippen LogP) is -1.13. The lowest BCUT2D eigenvalue weighted by Crippen LogP contribution is -2.51. The van der Waals surface area contributed by atoms with Crippen LogP contribution in [0.5, 0.6) is 0 Å². The van der Waals surface area contributed by atoms with Gasteiger partial charge in [0.05, 0.1) is 27.2 Å². The molecule has 0 saturated carbocycles. The van der Waals surface area contributed by atoms with E-state index in [0.717, 1.165) is 0 Å². The number of carbonyl (C=O) groups is 2. The first-order chi connectivity index (χ1) is 11.6. The lowest BCUT2D eigenvalue weighted by Gasteiger charge is -2.34. The third kappa shape index (κ3) is 2.63. The van der Waals surface area contributed by atoms with Crippen LogP contribution in [0.25, 0.3) is 11.2 Å². The lowest BCUT2D eigenvalue weighted by atomic mass is 10.2. The van der Waals surface area contributed by atoms with Crippen molar-refractivity contribution in [3.63, 3.8) is 0 Å². The van der Waals surface area contributed by atoms with Crippen molar-refractivity contribution in [1.29, 1.82) is 5.41 Å². The molecule has 0 spiro atoms. The molecule has 3 atom stereocenters. The Morgan fingerprint density at radius 1 is 1.29 bits per heavy atom. The van der Waals surface area contributed by atoms with Crippen LogP contribution in [0.2, 0.25) is 0 Å². The first-order valence-corrected chi connectivity index (χ1v) is 6.94. The summed E-state index contributed by atoms with van der Waals surface area (Å²) in [6.45, 7) is -0.0427. The van der Waals surface area contributed by atoms with Gasteiger partial charge in [0.15, 0.2) is 29.6 Å². The highest BCUT2D eigenvalue weighted by molar-refractivity contribution is 5.85. The van der Waals surface area contributed by atoms with Crippen molar-refractivity contribution in [3.05, 3.63) is 18.1 Å². The molecule has 1 unspecified atom stereocenters. The van der Waals surface area contributed by atoms with E-state index in [-0.39, 0.29) is 12.1 Å². The third-order valence-corrected chi connectivity index (χ3v) is 3.59. The fourth-order valence-electron chi connectivity index (χ4n) is 2.41. The van der Waals surface area contributed by atoms with E-state index in [4.69, 9.17) is 14.9 Å². The number of esters is 2. The van der Waals surface area contributed by atoms with Gasteiger partial charge in [-0.05, 0) is 0 Å². The van der Waals surface area contributed by atoms with Gasteiger partial charge < -0.3 is 23.9 Å². The lowest BCUT2D eigenvalue weighted by molar-refractivity contribution is -0.224. The Bertz CT molecular complexity index is 830. The smallest absolute Gasteiger partial charge is 0.338 e. The van der Waals surface area contributed by atoms with E-state index < -0.39 is 30.4 Å². The molecular weight excluding hydrogens is 322 g/mol. The fraction of sp³-hybridized carbons (Fsp3) is 0.462. The quantitative estimate of drug-likeness (QED) is 0.670. The first kappa shape index (κ1) is 16.1. The number of hydrogen-bond donors (Lipinski definition) is 2. The Hall–Kier alpha value is -2.79. The molecule has 11 nitrogen and oxygen atoms in total. The molecule has 1 aliphatic rings. The van der Waals surface area contributed by atoms with E-state index in [1.165, 1.54) is 31.4 Å². The number of H-pyrrole nitrogens is 1. The Labute approximate surface area is 135 Å². The Morgan fingerprint density at radius 2 is 2.00 bits per heavy atom. The van der Waals surface area contributed by atoms with Crippen LogP contribution in [-0.4, -0.2) is 64.5 Å². The van der Waals surface area contributed by atoms with Crippen molar-refractivity contribution in [2.24, 2.45) is 0 Å². The zero-order chi connectivity index (χ0) is 17.3. The van der Waals surface area contributed by atoms with Crippen LogP contribution in [0.1, 0.15) is 6.23 Å². The van der Waals surface area contributed by atoms with E-state index in [9.17, 15) is 9.59 Å². The van der Waals surface area contributed by atoms with Crippen molar-refractivity contribution in [2.45, 2.75) is 18.4 Å². The highest BCUT2D eigenvalue weighted by atomic mass is 16.6. The zero-order valence-electron chi connectivity index (χ0n) is 12.9. The minimum Gasteiger partial charge on any atom is -0.467 e. The highest BCUT2D eigenvalue weighted by Gasteiger charge is 2.43. The molecule has 1 fully saturated rings. The van der Waals surface area contributed by atoms with Gasteiger partial charge in [-0.25, -0.2) is 19.6 Å². The summed E-state index contributed by atoms with van der Waals surface area (Å²) in [6.07, 6.45) is -0.531. The molecule has 11 heteroatoms. The van der Waals surface area contributed by atoms with Gasteiger partial charge in [-0.1, -0.05) is 0 Å². The fourth-order valence-corrected chi connectivity index (χ4v) is 2.41. The number of imidazole rings is 1. The number of methoxy groups -OCH3 is 2. The number of rotatable bonds is 3. The summed E-state index contributed by atoms with van der Waals surface area (Å²) in [5.41, 5.74) is 0.835. The summed E-state index contributed by atoms with van der Waals surface area (Å²) in [4.78, 5) is 34.5. The van der Waals surface area contributed by atoms with Crippen molar-refractivity contribution < 1.29 is 28.5 Å². The zero-order valence-corrected chi connectivity index (χ0v) is 12.9. The average molecular weight is 337 g/mol. The van der Waals surface area contributed by atoms with Gasteiger partial charge in [-0.15, -0.1) is 0 Å². The number of carbonyl (C=O) groups excluding carboxylic acids is 2. The summed E-state index contributed by atoms with van der Waals surface area (Å²) < 4.78 is 21.9. The molecule has 3 rings (SSSR count). The molecule has 0 amide bonds. The Kier molecular flexibility index (Phi) is 4.27. The molecule has 0 aliphatic carbocycles. The van der Waals surface area contributed by atoms with Crippen LogP contribution in [0.15, 0.2) is 12.7 Å². The molecule has 24 heavy (non-hydrogen) atoms. The van der Waals surface area contributed by atoms with Crippen LogP contribution in [0, 0.1) is 5.41 Å². The van der Waals surface area contributed by atoms with Gasteiger partial charge in [0.25, 0.3) is 0 Å². The second-order valence-electron chi connectivity index (χ2n) is 4.91. The standard InChI is InChI=1S/C13H15N5O6/c1-21-12(19)8-9(13(20)22-2)24-6(3-23-8)18-5-17-10(14)7-11(18)16-4-15-7/h4-6,8-9,14H,3H2,1-2H3,(H,15,16)/t6?,8-,9-/m1/s1. The van der Waals surface area contributed by atoms with E-state index in [1.54, 1.807) is 0 Å². The summed E-state index contributed by atoms with van der Waals surface area (Å²) in [7, 11) is 2.37. The van der Waals surface area contributed by atoms with E-state index in [2.05, 4.69) is 24.4 Å². The number of ether oxygens (including phenoxy) is 4. The van der Waals surface area contributed by atoms with Crippen molar-refractivity contribution in [3.8, 4) is 0 Å². The van der Waals surface area contributed by atoms with Gasteiger partial charge in [0, 0.05) is 0 Å². The second kappa shape index (κ2) is 6.37. The van der Waals surface area contributed by atoms with Crippen LogP contribution >= 0.6 is 0 Å². The molecule has 2 N–H and O–H groups in total. The summed E-state index contributed by atoms with van der Waals surface area (Å²) in [5, 5.41) is 7.74. The van der Waals surface area contributed by atoms with Gasteiger partial charge in [-0.2, -0.15) is 0 Å². The maximum absolute atomic E-state index is 11.9. The monoisotopic (exact) mass is 337 g/mol. The van der Waals surface area contributed by atoms with Gasteiger partial charge >= 0.3 is 11.9 Å². The number of fused-ring (bicyclic) bond motifs is 1. The number of hydrogen-bond acceptors (Lipinski definition) is 9. The van der Waals surface area contributed by atoms with Crippen LogP contribution in [0.3, 0.4) is 0 Å². The third-order valence-electron chi connectivity index (χ3n) is 3.59. The minimum atomic E-state index is -1.29. The Balaban J connectivity index is 1.94.